The molecule has 3 saturated heterocycles. The van der Waals surface area contributed by atoms with Gasteiger partial charge in [-0.25, -0.2) is 0 Å². The molecule has 0 aromatic rings. The van der Waals surface area contributed by atoms with Gasteiger partial charge in [-0.3, -0.25) is 14.4 Å². The number of alkyl halides is 1. The SMILES string of the molecule is C=CCCOC(=O)[C@H]1[C@@H]2OC3(CC2Br)C(C(=O)N(CC=C)C(C)(C)CC(C)(C)C)N([C@H](C)CO)C(=O)[C@H]13. The number of fused-ring (bicyclic) bond motifs is 1. The van der Waals surface area contributed by atoms with Crippen LogP contribution in [0.25, 0.3) is 0 Å². The van der Waals surface area contributed by atoms with E-state index in [4.69, 9.17) is 9.47 Å². The first kappa shape index (κ1) is 29.8. The molecule has 0 aromatic carbocycles. The van der Waals surface area contributed by atoms with Crippen LogP contribution < -0.4 is 0 Å². The molecule has 7 atom stereocenters. The van der Waals surface area contributed by atoms with Gasteiger partial charge in [0.15, 0.2) is 0 Å². The van der Waals surface area contributed by atoms with E-state index in [1.54, 1.807) is 24.0 Å². The molecule has 208 valence electrons. The minimum absolute atomic E-state index is 0.0584. The molecule has 0 aromatic heterocycles. The van der Waals surface area contributed by atoms with Crippen LogP contribution in [0, 0.1) is 17.3 Å². The van der Waals surface area contributed by atoms with Gasteiger partial charge in [0.25, 0.3) is 0 Å². The summed E-state index contributed by atoms with van der Waals surface area (Å²) in [6.45, 7) is 19.8. The monoisotopic (exact) mass is 582 g/mol. The molecule has 0 saturated carbocycles. The van der Waals surface area contributed by atoms with E-state index in [9.17, 15) is 19.5 Å². The van der Waals surface area contributed by atoms with E-state index in [0.29, 0.717) is 19.4 Å². The zero-order valence-corrected chi connectivity index (χ0v) is 24.6. The van der Waals surface area contributed by atoms with E-state index < -0.39 is 47.1 Å². The van der Waals surface area contributed by atoms with Crippen LogP contribution in [-0.4, -0.2) is 86.6 Å². The van der Waals surface area contributed by atoms with Crippen molar-refractivity contribution in [2.24, 2.45) is 17.3 Å². The van der Waals surface area contributed by atoms with Crippen LogP contribution in [0.1, 0.15) is 60.8 Å². The molecule has 8 nitrogen and oxygen atoms in total. The molecule has 3 heterocycles. The highest BCUT2D eigenvalue weighted by Gasteiger charge is 2.77. The van der Waals surface area contributed by atoms with Crippen molar-refractivity contribution in [3.05, 3.63) is 25.3 Å². The van der Waals surface area contributed by atoms with Crippen molar-refractivity contribution in [3.8, 4) is 0 Å². The van der Waals surface area contributed by atoms with Gasteiger partial charge in [0, 0.05) is 16.9 Å². The molecule has 1 spiro atoms. The van der Waals surface area contributed by atoms with E-state index in [0.717, 1.165) is 6.42 Å². The van der Waals surface area contributed by atoms with Gasteiger partial charge in [-0.05, 0) is 45.4 Å². The molecule has 2 amide bonds. The molecule has 0 aliphatic carbocycles. The van der Waals surface area contributed by atoms with Gasteiger partial charge in [-0.15, -0.1) is 13.2 Å². The molecule has 3 unspecified atom stereocenters. The number of rotatable bonds is 11. The van der Waals surface area contributed by atoms with Crippen LogP contribution in [0.2, 0.25) is 0 Å². The number of nitrogens with zero attached hydrogens (tertiary/aromatic N) is 2. The third-order valence-corrected chi connectivity index (χ3v) is 8.65. The fraction of sp³-hybridized carbons (Fsp3) is 0.750. The quantitative estimate of drug-likeness (QED) is 0.173. The molecule has 2 bridgehead atoms. The van der Waals surface area contributed by atoms with E-state index in [1.807, 2.05) is 13.8 Å². The average Bonchev–Trinajstić information content (AvgIpc) is 3.38. The Bertz CT molecular complexity index is 930. The summed E-state index contributed by atoms with van der Waals surface area (Å²) in [5.74, 6) is -2.80. The Morgan fingerprint density at radius 3 is 2.49 bits per heavy atom. The molecule has 3 aliphatic rings. The number of amides is 2. The van der Waals surface area contributed by atoms with Crippen LogP contribution in [0.5, 0.6) is 0 Å². The number of likely N-dealkylation sites (tertiary alicyclic amines) is 1. The van der Waals surface area contributed by atoms with E-state index in [1.165, 1.54) is 4.90 Å². The first-order valence-corrected chi connectivity index (χ1v) is 14.0. The van der Waals surface area contributed by atoms with Gasteiger partial charge in [-0.1, -0.05) is 48.9 Å². The van der Waals surface area contributed by atoms with Crippen LogP contribution >= 0.6 is 15.9 Å². The van der Waals surface area contributed by atoms with Gasteiger partial charge in [-0.2, -0.15) is 0 Å². The minimum Gasteiger partial charge on any atom is -0.465 e. The molecule has 1 N–H and O–H groups in total. The maximum Gasteiger partial charge on any atom is 0.312 e. The highest BCUT2D eigenvalue weighted by molar-refractivity contribution is 9.09. The molecule has 9 heteroatoms. The Morgan fingerprint density at radius 1 is 1.30 bits per heavy atom. The van der Waals surface area contributed by atoms with Crippen LogP contribution in [0.4, 0.5) is 0 Å². The number of ether oxygens (including phenoxy) is 2. The molecule has 0 radical (unpaired) electrons. The van der Waals surface area contributed by atoms with E-state index in [-0.39, 0.29) is 35.3 Å². The van der Waals surface area contributed by atoms with E-state index in [2.05, 4.69) is 49.9 Å². The molecular formula is C28H43BrN2O6. The van der Waals surface area contributed by atoms with Gasteiger partial charge in [0.05, 0.1) is 37.2 Å². The fourth-order valence-electron chi connectivity index (χ4n) is 6.82. The van der Waals surface area contributed by atoms with Crippen LogP contribution in [0.3, 0.4) is 0 Å². The van der Waals surface area contributed by atoms with Crippen molar-refractivity contribution >= 4 is 33.7 Å². The zero-order chi connectivity index (χ0) is 27.9. The second-order valence-electron chi connectivity index (χ2n) is 12.5. The lowest BCUT2D eigenvalue weighted by molar-refractivity contribution is -0.157. The van der Waals surface area contributed by atoms with Gasteiger partial charge in [0.1, 0.15) is 11.6 Å². The number of hydrogen-bond donors (Lipinski definition) is 1. The summed E-state index contributed by atoms with van der Waals surface area (Å²) in [5.41, 5.74) is -1.81. The van der Waals surface area contributed by atoms with Gasteiger partial charge in [0.2, 0.25) is 11.8 Å². The zero-order valence-electron chi connectivity index (χ0n) is 23.0. The van der Waals surface area contributed by atoms with Crippen molar-refractivity contribution in [1.29, 1.82) is 0 Å². The Labute approximate surface area is 229 Å². The summed E-state index contributed by atoms with van der Waals surface area (Å²) >= 11 is 3.67. The van der Waals surface area contributed by atoms with Crippen LogP contribution in [-0.2, 0) is 23.9 Å². The predicted octanol–water partition coefficient (Wildman–Crippen LogP) is 3.46. The third kappa shape index (κ3) is 5.28. The van der Waals surface area contributed by atoms with Crippen LogP contribution in [0.15, 0.2) is 25.3 Å². The minimum atomic E-state index is -1.20. The largest absolute Gasteiger partial charge is 0.465 e. The van der Waals surface area contributed by atoms with Crippen molar-refractivity contribution in [2.75, 3.05) is 19.8 Å². The summed E-state index contributed by atoms with van der Waals surface area (Å²) in [7, 11) is 0. The molecule has 3 fully saturated rings. The Morgan fingerprint density at radius 2 is 1.95 bits per heavy atom. The van der Waals surface area contributed by atoms with Crippen molar-refractivity contribution in [2.45, 2.75) is 95.0 Å². The van der Waals surface area contributed by atoms with E-state index >= 15 is 0 Å². The summed E-state index contributed by atoms with van der Waals surface area (Å²) in [6, 6.07) is -1.62. The molecule has 3 rings (SSSR count). The van der Waals surface area contributed by atoms with Crippen molar-refractivity contribution in [1.82, 2.24) is 9.80 Å². The number of carbonyl (C=O) groups is 3. The third-order valence-electron chi connectivity index (χ3n) is 7.81. The van der Waals surface area contributed by atoms with Gasteiger partial charge < -0.3 is 24.4 Å². The maximum atomic E-state index is 14.5. The lowest BCUT2D eigenvalue weighted by Gasteiger charge is -2.46. The highest BCUT2D eigenvalue weighted by Crippen LogP contribution is 2.61. The first-order valence-electron chi connectivity index (χ1n) is 13.1. The summed E-state index contributed by atoms with van der Waals surface area (Å²) < 4.78 is 12.0. The Hall–Kier alpha value is -1.71. The van der Waals surface area contributed by atoms with Crippen molar-refractivity contribution in [3.63, 3.8) is 0 Å². The molecular weight excluding hydrogens is 540 g/mol. The molecule has 37 heavy (non-hydrogen) atoms. The Balaban J connectivity index is 2.08. The standard InChI is InChI=1S/C28H43BrN2O6/c1-9-11-13-36-25(35)19-20-23(33)31(17(3)15-32)22(28(20)14-18(29)21(19)37-28)24(34)30(12-10-2)27(7,8)16-26(4,5)6/h9-10,17-22,32H,1-2,11-16H2,3-8H3/t17-,18?,19-,20+,21-,22?,28?/m1/s1. The summed E-state index contributed by atoms with van der Waals surface area (Å²) in [6.07, 6.45) is 4.38. The topological polar surface area (TPSA) is 96.4 Å². The first-order chi connectivity index (χ1) is 17.2. The maximum absolute atomic E-state index is 14.5. The number of halogens is 1. The second-order valence-corrected chi connectivity index (χ2v) is 13.6. The lowest BCUT2D eigenvalue weighted by atomic mass is 9.70. The highest BCUT2D eigenvalue weighted by atomic mass is 79.9. The number of hydrogen-bond acceptors (Lipinski definition) is 6. The number of aliphatic hydroxyl groups excluding tert-OH is 1. The number of esters is 1. The number of aliphatic hydroxyl groups is 1. The van der Waals surface area contributed by atoms with Gasteiger partial charge >= 0.3 is 5.97 Å². The summed E-state index contributed by atoms with van der Waals surface area (Å²) in [4.78, 5) is 44.8. The fourth-order valence-corrected chi connectivity index (χ4v) is 7.77. The number of carbonyl (C=O) groups excluding carboxylic acids is 3. The lowest BCUT2D eigenvalue weighted by Crippen LogP contribution is -2.62. The Kier molecular flexibility index (Phi) is 8.72. The van der Waals surface area contributed by atoms with Crippen molar-refractivity contribution < 1.29 is 29.0 Å². The normalized spacial score (nSPS) is 31.7. The second kappa shape index (κ2) is 10.8. The predicted molar refractivity (Wildman–Crippen MR) is 145 cm³/mol. The summed E-state index contributed by atoms with van der Waals surface area (Å²) in [5, 5.41) is 10.1. The molecule has 3 aliphatic heterocycles. The smallest absolute Gasteiger partial charge is 0.312 e. The average molecular weight is 584 g/mol.